The van der Waals surface area contributed by atoms with Crippen molar-refractivity contribution in [3.63, 3.8) is 0 Å². The van der Waals surface area contributed by atoms with Crippen LogP contribution in [0.5, 0.6) is 17.2 Å². The van der Waals surface area contributed by atoms with Crippen LogP contribution in [0.2, 0.25) is 0 Å². The number of benzene rings is 3. The highest BCUT2D eigenvalue weighted by atomic mass is 19.1. The topological polar surface area (TPSA) is 95.7 Å². The van der Waals surface area contributed by atoms with Crippen molar-refractivity contribution in [2.24, 2.45) is 0 Å². The van der Waals surface area contributed by atoms with Gasteiger partial charge in [0.05, 0.1) is 21.3 Å². The Hall–Kier alpha value is -4.40. The summed E-state index contributed by atoms with van der Waals surface area (Å²) in [6.07, 6.45) is 0. The van der Waals surface area contributed by atoms with E-state index in [1.54, 1.807) is 48.5 Å². The second kappa shape index (κ2) is 9.39. The van der Waals surface area contributed by atoms with E-state index in [1.807, 2.05) is 0 Å². The average molecular weight is 449 g/mol. The maximum absolute atomic E-state index is 13.1. The van der Waals surface area contributed by atoms with E-state index in [0.29, 0.717) is 45.5 Å². The fourth-order valence-corrected chi connectivity index (χ4v) is 3.18. The van der Waals surface area contributed by atoms with Gasteiger partial charge in [-0.3, -0.25) is 4.79 Å². The molecule has 33 heavy (non-hydrogen) atoms. The molecule has 0 bridgehead atoms. The van der Waals surface area contributed by atoms with Crippen molar-refractivity contribution in [3.05, 3.63) is 72.0 Å². The van der Waals surface area contributed by atoms with Gasteiger partial charge < -0.3 is 24.1 Å². The van der Waals surface area contributed by atoms with E-state index in [4.69, 9.17) is 18.7 Å². The Morgan fingerprint density at radius 1 is 0.879 bits per heavy atom. The van der Waals surface area contributed by atoms with Gasteiger partial charge in [0.25, 0.3) is 11.8 Å². The Morgan fingerprint density at radius 3 is 2.06 bits per heavy atom. The van der Waals surface area contributed by atoms with Gasteiger partial charge in [-0.1, -0.05) is 5.16 Å². The van der Waals surface area contributed by atoms with Gasteiger partial charge in [0.1, 0.15) is 5.82 Å². The smallest absolute Gasteiger partial charge is 0.258 e. The molecule has 0 atom stereocenters. The third-order valence-electron chi connectivity index (χ3n) is 4.85. The average Bonchev–Trinajstić information content (AvgIpc) is 3.34. The number of nitrogens with one attached hydrogen (secondary N) is 1. The lowest BCUT2D eigenvalue weighted by Crippen LogP contribution is -2.12. The molecule has 4 rings (SSSR count). The van der Waals surface area contributed by atoms with Crippen LogP contribution in [0, 0.1) is 5.82 Å². The summed E-state index contributed by atoms with van der Waals surface area (Å²) in [5.41, 5.74) is 2.18. The number of ether oxygens (including phenoxy) is 3. The number of nitrogens with zero attached hydrogens (tertiary/aromatic N) is 2. The van der Waals surface area contributed by atoms with E-state index in [2.05, 4.69) is 15.5 Å². The first kappa shape index (κ1) is 21.8. The van der Waals surface area contributed by atoms with Crippen LogP contribution in [0.1, 0.15) is 10.4 Å². The molecule has 9 heteroatoms. The summed E-state index contributed by atoms with van der Waals surface area (Å²) in [6.45, 7) is 0. The van der Waals surface area contributed by atoms with Crippen molar-refractivity contribution in [2.75, 3.05) is 26.6 Å². The predicted molar refractivity (Wildman–Crippen MR) is 119 cm³/mol. The van der Waals surface area contributed by atoms with Gasteiger partial charge in [-0.15, -0.1) is 0 Å². The van der Waals surface area contributed by atoms with Gasteiger partial charge in [0, 0.05) is 34.5 Å². The lowest BCUT2D eigenvalue weighted by Gasteiger charge is -2.14. The molecule has 0 aliphatic heterocycles. The molecule has 1 N–H and O–H groups in total. The molecule has 0 aliphatic rings. The highest BCUT2D eigenvalue weighted by molar-refractivity contribution is 6.04. The van der Waals surface area contributed by atoms with Gasteiger partial charge >= 0.3 is 0 Å². The van der Waals surface area contributed by atoms with E-state index in [0.717, 1.165) is 0 Å². The molecule has 0 saturated heterocycles. The van der Waals surface area contributed by atoms with Crippen molar-refractivity contribution in [1.29, 1.82) is 0 Å². The second-order valence-electron chi connectivity index (χ2n) is 6.88. The molecule has 0 fully saturated rings. The molecule has 1 heterocycles. The highest BCUT2D eigenvalue weighted by Gasteiger charge is 2.16. The summed E-state index contributed by atoms with van der Waals surface area (Å²) in [6, 6.07) is 15.8. The third kappa shape index (κ3) is 4.62. The molecule has 0 aliphatic carbocycles. The first-order chi connectivity index (χ1) is 16.0. The van der Waals surface area contributed by atoms with Crippen LogP contribution in [0.15, 0.2) is 65.2 Å². The Kier molecular flexibility index (Phi) is 6.21. The summed E-state index contributed by atoms with van der Waals surface area (Å²) >= 11 is 0. The molecule has 1 amide bonds. The molecule has 0 spiro atoms. The van der Waals surface area contributed by atoms with Crippen molar-refractivity contribution >= 4 is 11.6 Å². The molecule has 0 radical (unpaired) electrons. The lowest BCUT2D eigenvalue weighted by atomic mass is 10.1. The van der Waals surface area contributed by atoms with E-state index in [9.17, 15) is 9.18 Å². The summed E-state index contributed by atoms with van der Waals surface area (Å²) in [5, 5.41) is 6.74. The predicted octanol–water partition coefficient (Wildman–Crippen LogP) is 4.82. The van der Waals surface area contributed by atoms with E-state index >= 15 is 0 Å². The van der Waals surface area contributed by atoms with Crippen molar-refractivity contribution < 1.29 is 27.9 Å². The van der Waals surface area contributed by atoms with Gasteiger partial charge in [-0.25, -0.2) is 4.39 Å². The van der Waals surface area contributed by atoms with E-state index in [1.165, 1.54) is 33.5 Å². The molecule has 1 aromatic heterocycles. The normalized spacial score (nSPS) is 10.5. The van der Waals surface area contributed by atoms with Crippen LogP contribution in [-0.4, -0.2) is 37.4 Å². The Bertz CT molecular complexity index is 1250. The minimum absolute atomic E-state index is 0.283. The minimum Gasteiger partial charge on any atom is -0.493 e. The van der Waals surface area contributed by atoms with Gasteiger partial charge in [-0.2, -0.15) is 4.98 Å². The van der Waals surface area contributed by atoms with Crippen LogP contribution in [0.25, 0.3) is 22.8 Å². The first-order valence-corrected chi connectivity index (χ1v) is 9.84. The maximum Gasteiger partial charge on any atom is 0.258 e. The molecule has 3 aromatic carbocycles. The Labute approximate surface area is 188 Å². The zero-order chi connectivity index (χ0) is 23.4. The van der Waals surface area contributed by atoms with Crippen LogP contribution >= 0.6 is 0 Å². The zero-order valence-electron chi connectivity index (χ0n) is 18.1. The molecule has 0 saturated carbocycles. The summed E-state index contributed by atoms with van der Waals surface area (Å²) in [5.74, 6) is 1.24. The number of rotatable bonds is 7. The van der Waals surface area contributed by atoms with E-state index in [-0.39, 0.29) is 17.6 Å². The van der Waals surface area contributed by atoms with Gasteiger partial charge in [0.2, 0.25) is 11.6 Å². The SMILES string of the molecule is COc1cc(NC(=O)c2ccc(-c3nc(-c4ccc(F)cc4)no3)cc2)cc(OC)c1OC. The van der Waals surface area contributed by atoms with Crippen molar-refractivity contribution in [2.45, 2.75) is 0 Å². The third-order valence-corrected chi connectivity index (χ3v) is 4.85. The molecule has 168 valence electrons. The largest absolute Gasteiger partial charge is 0.493 e. The molecular formula is C24H20FN3O5. The summed E-state index contributed by atoms with van der Waals surface area (Å²) in [7, 11) is 4.51. The van der Waals surface area contributed by atoms with Crippen LogP contribution in [-0.2, 0) is 0 Å². The molecule has 4 aromatic rings. The van der Waals surface area contributed by atoms with Gasteiger partial charge in [-0.05, 0) is 48.5 Å². The summed E-state index contributed by atoms with van der Waals surface area (Å²) in [4.78, 5) is 17.1. The minimum atomic E-state index is -0.345. The Balaban J connectivity index is 1.51. The highest BCUT2D eigenvalue weighted by Crippen LogP contribution is 2.40. The van der Waals surface area contributed by atoms with Crippen LogP contribution < -0.4 is 19.5 Å². The number of carbonyl (C=O) groups is 1. The van der Waals surface area contributed by atoms with Crippen molar-refractivity contribution in [3.8, 4) is 40.1 Å². The Morgan fingerprint density at radius 2 is 1.48 bits per heavy atom. The van der Waals surface area contributed by atoms with Crippen LogP contribution in [0.3, 0.4) is 0 Å². The number of halogens is 1. The number of aromatic nitrogens is 2. The fourth-order valence-electron chi connectivity index (χ4n) is 3.18. The quantitative estimate of drug-likeness (QED) is 0.432. The number of amides is 1. The standard InChI is InChI=1S/C24H20FN3O5/c1-30-19-12-18(13-20(31-2)21(19)32-3)26-23(29)15-4-6-16(7-5-15)24-27-22(28-33-24)14-8-10-17(25)11-9-14/h4-13H,1-3H3,(H,26,29). The number of carbonyl (C=O) groups excluding carboxylic acids is 1. The summed E-state index contributed by atoms with van der Waals surface area (Å²) < 4.78 is 34.3. The molecular weight excluding hydrogens is 429 g/mol. The number of hydrogen-bond acceptors (Lipinski definition) is 7. The molecule has 0 unspecified atom stereocenters. The zero-order valence-corrected chi connectivity index (χ0v) is 18.1. The van der Waals surface area contributed by atoms with Gasteiger partial charge in [0.15, 0.2) is 11.5 Å². The van der Waals surface area contributed by atoms with Crippen molar-refractivity contribution in [1.82, 2.24) is 10.1 Å². The second-order valence-corrected chi connectivity index (χ2v) is 6.88. The molecule has 8 nitrogen and oxygen atoms in total. The van der Waals surface area contributed by atoms with E-state index < -0.39 is 0 Å². The first-order valence-electron chi connectivity index (χ1n) is 9.84. The number of anilines is 1. The number of methoxy groups -OCH3 is 3. The number of hydrogen-bond donors (Lipinski definition) is 1. The fraction of sp³-hybridized carbons (Fsp3) is 0.125. The monoisotopic (exact) mass is 449 g/mol. The maximum atomic E-state index is 13.1. The lowest BCUT2D eigenvalue weighted by molar-refractivity contribution is 0.102. The van der Waals surface area contributed by atoms with Crippen LogP contribution in [0.4, 0.5) is 10.1 Å².